The zero-order valence-corrected chi connectivity index (χ0v) is 13.0. The minimum Gasteiger partial charge on any atom is -0.299 e. The zero-order chi connectivity index (χ0) is 13.5. The van der Waals surface area contributed by atoms with E-state index >= 15 is 0 Å². The third-order valence-corrected chi connectivity index (χ3v) is 4.69. The van der Waals surface area contributed by atoms with Gasteiger partial charge in [0.15, 0.2) is 4.60 Å². The van der Waals surface area contributed by atoms with Crippen LogP contribution in [0.1, 0.15) is 45.7 Å². The molecule has 0 amide bonds. The lowest BCUT2D eigenvalue weighted by Gasteiger charge is -2.37. The van der Waals surface area contributed by atoms with Crippen LogP contribution in [0.5, 0.6) is 0 Å². The second-order valence-electron chi connectivity index (χ2n) is 5.98. The zero-order valence-electron chi connectivity index (χ0n) is 11.4. The first-order valence-electron chi connectivity index (χ1n) is 6.42. The summed E-state index contributed by atoms with van der Waals surface area (Å²) in [5.41, 5.74) is 0.782. The Morgan fingerprint density at radius 1 is 1.39 bits per heavy atom. The van der Waals surface area contributed by atoms with E-state index in [1.807, 2.05) is 7.05 Å². The van der Waals surface area contributed by atoms with E-state index < -0.39 is 0 Å². The number of carbonyl (C=O) groups is 1. The number of rotatable bonds is 2. The summed E-state index contributed by atoms with van der Waals surface area (Å²) < 4.78 is 2.52. The molecule has 1 aliphatic carbocycles. The third-order valence-electron chi connectivity index (χ3n) is 4.15. The maximum Gasteiger partial charge on any atom is 0.152 e. The fourth-order valence-electron chi connectivity index (χ4n) is 3.14. The molecule has 0 saturated heterocycles. The van der Waals surface area contributed by atoms with Crippen molar-refractivity contribution in [3.8, 4) is 0 Å². The number of Topliss-reactive ketones (excluding diaryl/α,β-unsaturated/α-hetero) is 1. The minimum absolute atomic E-state index is 0.0715. The molecule has 2 rings (SSSR count). The summed E-state index contributed by atoms with van der Waals surface area (Å²) in [5, 5.41) is 8.06. The van der Waals surface area contributed by atoms with Gasteiger partial charge in [0.05, 0.1) is 5.69 Å². The lowest BCUT2D eigenvalue weighted by Crippen LogP contribution is -2.39. The summed E-state index contributed by atoms with van der Waals surface area (Å²) in [6.45, 7) is 6.40. The average molecular weight is 314 g/mol. The van der Waals surface area contributed by atoms with E-state index in [0.717, 1.165) is 23.1 Å². The molecule has 0 radical (unpaired) electrons. The number of hydrogen-bond acceptors (Lipinski definition) is 3. The fourth-order valence-corrected chi connectivity index (χ4v) is 3.98. The van der Waals surface area contributed by atoms with Crippen molar-refractivity contribution in [2.45, 2.75) is 45.4 Å². The monoisotopic (exact) mass is 313 g/mol. The van der Waals surface area contributed by atoms with Crippen LogP contribution in [0.25, 0.3) is 0 Å². The van der Waals surface area contributed by atoms with E-state index in [4.69, 9.17) is 0 Å². The molecule has 1 saturated carbocycles. The number of carbonyl (C=O) groups excluding carboxylic acids is 1. The topological polar surface area (TPSA) is 47.8 Å². The van der Waals surface area contributed by atoms with Gasteiger partial charge in [0.1, 0.15) is 5.78 Å². The van der Waals surface area contributed by atoms with Crippen LogP contribution in [0.15, 0.2) is 4.60 Å². The van der Waals surface area contributed by atoms with Crippen LogP contribution < -0.4 is 0 Å². The van der Waals surface area contributed by atoms with Crippen molar-refractivity contribution >= 4 is 21.7 Å². The first kappa shape index (κ1) is 13.7. The van der Waals surface area contributed by atoms with Crippen molar-refractivity contribution in [3.63, 3.8) is 0 Å². The summed E-state index contributed by atoms with van der Waals surface area (Å²) in [5.74, 6) is 0.978. The predicted molar refractivity (Wildman–Crippen MR) is 73.2 cm³/mol. The third kappa shape index (κ3) is 2.25. The van der Waals surface area contributed by atoms with Gasteiger partial charge in [-0.05, 0) is 34.7 Å². The van der Waals surface area contributed by atoms with Crippen LogP contribution in [-0.4, -0.2) is 20.8 Å². The van der Waals surface area contributed by atoms with Crippen molar-refractivity contribution in [2.75, 3.05) is 0 Å². The molecule has 2 unspecified atom stereocenters. The van der Waals surface area contributed by atoms with Gasteiger partial charge in [-0.15, -0.1) is 5.10 Å². The molecule has 1 aromatic heterocycles. The van der Waals surface area contributed by atoms with Crippen molar-refractivity contribution in [2.24, 2.45) is 18.9 Å². The molecule has 5 heteroatoms. The Morgan fingerprint density at radius 3 is 2.56 bits per heavy atom. The number of nitrogens with zero attached hydrogens (tertiary/aromatic N) is 3. The molecule has 100 valence electrons. The van der Waals surface area contributed by atoms with Crippen LogP contribution >= 0.6 is 15.9 Å². The van der Waals surface area contributed by atoms with E-state index in [1.54, 1.807) is 4.68 Å². The van der Waals surface area contributed by atoms with Crippen molar-refractivity contribution in [1.82, 2.24) is 15.0 Å². The molecule has 1 heterocycles. The van der Waals surface area contributed by atoms with E-state index in [9.17, 15) is 4.79 Å². The standard InChI is InChI=1S/C13H20BrN3O/c1-8-5-6-9(10(18)7-8)13(2,3)11-12(14)15-16-17(11)4/h8-9H,5-7H2,1-4H3. The molecule has 4 nitrogen and oxygen atoms in total. The Morgan fingerprint density at radius 2 is 2.06 bits per heavy atom. The van der Waals surface area contributed by atoms with Gasteiger partial charge in [0, 0.05) is 24.8 Å². The molecular formula is C13H20BrN3O. The highest BCUT2D eigenvalue weighted by atomic mass is 79.9. The maximum atomic E-state index is 12.3. The van der Waals surface area contributed by atoms with Gasteiger partial charge in [-0.25, -0.2) is 0 Å². The van der Waals surface area contributed by atoms with Crippen molar-refractivity contribution in [1.29, 1.82) is 0 Å². The van der Waals surface area contributed by atoms with Crippen LogP contribution in [0.2, 0.25) is 0 Å². The fraction of sp³-hybridized carbons (Fsp3) is 0.769. The van der Waals surface area contributed by atoms with Gasteiger partial charge in [0.25, 0.3) is 0 Å². The summed E-state index contributed by atoms with van der Waals surface area (Å²) in [6.07, 6.45) is 2.80. The van der Waals surface area contributed by atoms with E-state index in [0.29, 0.717) is 18.1 Å². The first-order valence-corrected chi connectivity index (χ1v) is 7.21. The largest absolute Gasteiger partial charge is 0.299 e. The Bertz CT molecular complexity index is 447. The molecule has 0 spiro atoms. The van der Waals surface area contributed by atoms with Gasteiger partial charge in [-0.2, -0.15) is 0 Å². The minimum atomic E-state index is -0.228. The highest BCUT2D eigenvalue weighted by Gasteiger charge is 2.42. The lowest BCUT2D eigenvalue weighted by molar-refractivity contribution is -0.128. The van der Waals surface area contributed by atoms with Gasteiger partial charge in [0.2, 0.25) is 0 Å². The van der Waals surface area contributed by atoms with Crippen molar-refractivity contribution < 1.29 is 4.79 Å². The number of halogens is 1. The number of ketones is 1. The Balaban J connectivity index is 2.34. The number of aryl methyl sites for hydroxylation is 1. The molecule has 0 bridgehead atoms. The predicted octanol–water partition coefficient (Wildman–Crippen LogP) is 2.86. The Kier molecular flexibility index (Phi) is 3.63. The van der Waals surface area contributed by atoms with Gasteiger partial charge >= 0.3 is 0 Å². The molecule has 1 aliphatic rings. The van der Waals surface area contributed by atoms with E-state index in [-0.39, 0.29) is 11.3 Å². The first-order chi connectivity index (χ1) is 8.34. The van der Waals surface area contributed by atoms with Crippen LogP contribution in [-0.2, 0) is 17.3 Å². The molecule has 0 aromatic carbocycles. The van der Waals surface area contributed by atoms with E-state index in [2.05, 4.69) is 47.0 Å². The summed E-state index contributed by atoms with van der Waals surface area (Å²) in [7, 11) is 1.88. The number of aromatic nitrogens is 3. The number of hydrogen-bond donors (Lipinski definition) is 0. The molecular weight excluding hydrogens is 294 g/mol. The SMILES string of the molecule is CC1CCC(C(C)(C)c2c(Br)nnn2C)C(=O)C1. The molecule has 18 heavy (non-hydrogen) atoms. The van der Waals surface area contributed by atoms with Gasteiger partial charge < -0.3 is 0 Å². The molecule has 0 N–H and O–H groups in total. The van der Waals surface area contributed by atoms with Crippen LogP contribution in [0, 0.1) is 11.8 Å². The second kappa shape index (κ2) is 4.76. The van der Waals surface area contributed by atoms with Gasteiger partial charge in [-0.1, -0.05) is 26.0 Å². The molecule has 0 aliphatic heterocycles. The summed E-state index contributed by atoms with van der Waals surface area (Å²) in [4.78, 5) is 12.3. The van der Waals surface area contributed by atoms with Crippen molar-refractivity contribution in [3.05, 3.63) is 10.3 Å². The highest BCUT2D eigenvalue weighted by molar-refractivity contribution is 9.10. The van der Waals surface area contributed by atoms with E-state index in [1.165, 1.54) is 0 Å². The molecule has 2 atom stereocenters. The molecule has 1 aromatic rings. The second-order valence-corrected chi connectivity index (χ2v) is 6.73. The summed E-state index contributed by atoms with van der Waals surface area (Å²) in [6, 6.07) is 0. The maximum absolute atomic E-state index is 12.3. The Labute approximate surface area is 116 Å². The average Bonchev–Trinajstić information content (AvgIpc) is 2.58. The van der Waals surface area contributed by atoms with Crippen LogP contribution in [0.3, 0.4) is 0 Å². The summed E-state index contributed by atoms with van der Waals surface area (Å²) >= 11 is 3.45. The van der Waals surface area contributed by atoms with Gasteiger partial charge in [-0.3, -0.25) is 9.48 Å². The quantitative estimate of drug-likeness (QED) is 0.843. The highest BCUT2D eigenvalue weighted by Crippen LogP contribution is 2.41. The molecule has 1 fully saturated rings. The lowest BCUT2D eigenvalue weighted by atomic mass is 9.67. The Hall–Kier alpha value is -0.710. The smallest absolute Gasteiger partial charge is 0.152 e. The normalized spacial score (nSPS) is 25.5. The van der Waals surface area contributed by atoms with Crippen LogP contribution in [0.4, 0.5) is 0 Å².